The zero-order chi connectivity index (χ0) is 43.7. The quantitative estimate of drug-likeness (QED) is 0.0322. The van der Waals surface area contributed by atoms with Gasteiger partial charge < -0.3 is 20.3 Å². The standard InChI is InChI=1S/C54H103NO5/c1-3-5-7-9-11-13-15-17-19-20-21-22-24-26-28-32-36-40-44-48-54(59)60-49-45-41-37-33-29-31-35-39-43-47-53(58)55-51(50-56)52(57)46-42-38-34-30-27-25-23-18-16-14-12-10-8-6-4-2/h17,19,42,46,51-52,56-57H,3-16,18,20-41,43-45,47-50H2,1-2H3,(H,55,58)/b19-17-,46-42+. The number of aliphatic hydroxyl groups excluding tert-OH is 2. The molecule has 0 aromatic heterocycles. The SMILES string of the molecule is CCCCCCCC/C=C\CCCCCCCCCCCC(=O)OCCCCCCCCCCCC(=O)NC(CO)C(O)/C=C/CCCCCCCCCCCCCCC. The number of rotatable bonds is 49. The predicted octanol–water partition coefficient (Wildman–Crippen LogP) is 15.9. The second kappa shape index (κ2) is 50.0. The van der Waals surface area contributed by atoms with Gasteiger partial charge in [-0.05, 0) is 57.8 Å². The first-order valence-electron chi connectivity index (χ1n) is 26.6. The molecule has 0 heterocycles. The number of allylic oxidation sites excluding steroid dienone is 3. The van der Waals surface area contributed by atoms with Gasteiger partial charge >= 0.3 is 5.97 Å². The Morgan fingerprint density at radius 1 is 0.450 bits per heavy atom. The topological polar surface area (TPSA) is 95.9 Å². The fourth-order valence-electron chi connectivity index (χ4n) is 8.10. The molecule has 0 saturated heterocycles. The summed E-state index contributed by atoms with van der Waals surface area (Å²) in [5.74, 6) is -0.122. The van der Waals surface area contributed by atoms with Crippen molar-refractivity contribution in [2.75, 3.05) is 13.2 Å². The second-order valence-corrected chi connectivity index (χ2v) is 18.2. The van der Waals surface area contributed by atoms with Crippen molar-refractivity contribution < 1.29 is 24.5 Å². The number of hydrogen-bond acceptors (Lipinski definition) is 5. The van der Waals surface area contributed by atoms with E-state index in [1.807, 2.05) is 6.08 Å². The average Bonchev–Trinajstić information content (AvgIpc) is 3.25. The molecule has 6 heteroatoms. The fraction of sp³-hybridized carbons (Fsp3) is 0.889. The first-order chi connectivity index (χ1) is 29.5. The van der Waals surface area contributed by atoms with E-state index in [1.165, 1.54) is 199 Å². The van der Waals surface area contributed by atoms with Gasteiger partial charge in [0.1, 0.15) is 0 Å². The fourth-order valence-corrected chi connectivity index (χ4v) is 8.10. The van der Waals surface area contributed by atoms with Crippen molar-refractivity contribution in [2.45, 2.75) is 296 Å². The summed E-state index contributed by atoms with van der Waals surface area (Å²) in [4.78, 5) is 24.5. The summed E-state index contributed by atoms with van der Waals surface area (Å²) in [6.45, 7) is 4.84. The van der Waals surface area contributed by atoms with Gasteiger partial charge in [-0.2, -0.15) is 0 Å². The van der Waals surface area contributed by atoms with E-state index in [2.05, 4.69) is 31.3 Å². The molecule has 0 aromatic carbocycles. The predicted molar refractivity (Wildman–Crippen MR) is 260 cm³/mol. The summed E-state index contributed by atoms with van der Waals surface area (Å²) in [5.41, 5.74) is 0. The summed E-state index contributed by atoms with van der Waals surface area (Å²) < 4.78 is 5.46. The van der Waals surface area contributed by atoms with Crippen LogP contribution >= 0.6 is 0 Å². The van der Waals surface area contributed by atoms with Gasteiger partial charge in [0.05, 0.1) is 25.4 Å². The summed E-state index contributed by atoms with van der Waals surface area (Å²) in [6, 6.07) is -0.647. The molecule has 0 aliphatic carbocycles. The molecule has 0 rings (SSSR count). The summed E-state index contributed by atoms with van der Waals surface area (Å²) in [7, 11) is 0. The molecular weight excluding hydrogens is 743 g/mol. The van der Waals surface area contributed by atoms with Crippen molar-refractivity contribution in [3.8, 4) is 0 Å². The van der Waals surface area contributed by atoms with E-state index in [1.54, 1.807) is 6.08 Å². The summed E-state index contributed by atoms with van der Waals surface area (Å²) >= 11 is 0. The van der Waals surface area contributed by atoms with Crippen molar-refractivity contribution >= 4 is 11.9 Å². The Bertz CT molecular complexity index is 935. The van der Waals surface area contributed by atoms with Crippen molar-refractivity contribution in [2.24, 2.45) is 0 Å². The van der Waals surface area contributed by atoms with Gasteiger partial charge in [0.25, 0.3) is 0 Å². The molecule has 0 aliphatic rings. The Morgan fingerprint density at radius 2 is 0.783 bits per heavy atom. The van der Waals surface area contributed by atoms with E-state index >= 15 is 0 Å². The maximum atomic E-state index is 12.4. The minimum Gasteiger partial charge on any atom is -0.466 e. The largest absolute Gasteiger partial charge is 0.466 e. The van der Waals surface area contributed by atoms with Crippen LogP contribution in [0.4, 0.5) is 0 Å². The third-order valence-electron chi connectivity index (χ3n) is 12.2. The molecule has 6 nitrogen and oxygen atoms in total. The Hall–Kier alpha value is -1.66. The van der Waals surface area contributed by atoms with E-state index in [4.69, 9.17) is 4.74 Å². The number of carbonyl (C=O) groups is 2. The van der Waals surface area contributed by atoms with Crippen LogP contribution < -0.4 is 5.32 Å². The van der Waals surface area contributed by atoms with Crippen LogP contribution in [0.15, 0.2) is 24.3 Å². The van der Waals surface area contributed by atoms with Gasteiger partial charge in [-0.25, -0.2) is 0 Å². The summed E-state index contributed by atoms with van der Waals surface area (Å²) in [5, 5.41) is 23.0. The molecule has 2 atom stereocenters. The van der Waals surface area contributed by atoms with Gasteiger partial charge in [0, 0.05) is 12.8 Å². The lowest BCUT2D eigenvalue weighted by Crippen LogP contribution is -2.45. The Morgan fingerprint density at radius 3 is 1.18 bits per heavy atom. The third kappa shape index (κ3) is 45.9. The van der Waals surface area contributed by atoms with Gasteiger partial charge in [-0.1, -0.05) is 237 Å². The molecule has 1 amide bonds. The van der Waals surface area contributed by atoms with Gasteiger partial charge in [0.15, 0.2) is 0 Å². The number of amides is 1. The molecule has 2 unspecified atom stereocenters. The number of carbonyl (C=O) groups excluding carboxylic acids is 2. The molecule has 0 saturated carbocycles. The van der Waals surface area contributed by atoms with E-state index in [9.17, 15) is 19.8 Å². The highest BCUT2D eigenvalue weighted by Crippen LogP contribution is 2.16. The summed E-state index contributed by atoms with van der Waals surface area (Å²) in [6.07, 6.45) is 58.9. The van der Waals surface area contributed by atoms with Crippen LogP contribution in [-0.4, -0.2) is 47.4 Å². The van der Waals surface area contributed by atoms with E-state index in [0.29, 0.717) is 19.4 Å². The third-order valence-corrected chi connectivity index (χ3v) is 12.2. The highest BCUT2D eigenvalue weighted by Gasteiger charge is 2.18. The number of unbranched alkanes of at least 4 members (excludes halogenated alkanes) is 36. The van der Waals surface area contributed by atoms with Crippen molar-refractivity contribution in [3.05, 3.63) is 24.3 Å². The molecule has 354 valence electrons. The Kier molecular flexibility index (Phi) is 48.6. The number of esters is 1. The lowest BCUT2D eigenvalue weighted by atomic mass is 10.0. The molecule has 0 aliphatic heterocycles. The monoisotopic (exact) mass is 846 g/mol. The number of ether oxygens (including phenoxy) is 1. The Labute approximate surface area is 373 Å². The smallest absolute Gasteiger partial charge is 0.305 e. The average molecular weight is 846 g/mol. The van der Waals surface area contributed by atoms with Crippen molar-refractivity contribution in [3.63, 3.8) is 0 Å². The number of nitrogens with one attached hydrogen (secondary N) is 1. The van der Waals surface area contributed by atoms with Gasteiger partial charge in [0.2, 0.25) is 5.91 Å². The zero-order valence-corrected chi connectivity index (χ0v) is 40.2. The molecular formula is C54H103NO5. The molecule has 60 heavy (non-hydrogen) atoms. The molecule has 0 spiro atoms. The maximum absolute atomic E-state index is 12.4. The second-order valence-electron chi connectivity index (χ2n) is 18.2. The van der Waals surface area contributed by atoms with Crippen LogP contribution in [0.2, 0.25) is 0 Å². The molecule has 0 bridgehead atoms. The van der Waals surface area contributed by atoms with E-state index < -0.39 is 12.1 Å². The van der Waals surface area contributed by atoms with E-state index in [-0.39, 0.29) is 18.5 Å². The first kappa shape index (κ1) is 58.3. The van der Waals surface area contributed by atoms with Crippen LogP contribution in [0, 0.1) is 0 Å². The normalized spacial score (nSPS) is 12.8. The first-order valence-corrected chi connectivity index (χ1v) is 26.6. The van der Waals surface area contributed by atoms with Crippen LogP contribution in [0.3, 0.4) is 0 Å². The van der Waals surface area contributed by atoms with Crippen LogP contribution in [0.5, 0.6) is 0 Å². The van der Waals surface area contributed by atoms with Crippen molar-refractivity contribution in [1.82, 2.24) is 5.32 Å². The maximum Gasteiger partial charge on any atom is 0.305 e. The minimum atomic E-state index is -0.861. The zero-order valence-electron chi connectivity index (χ0n) is 40.2. The molecule has 3 N–H and O–H groups in total. The van der Waals surface area contributed by atoms with Crippen LogP contribution in [0.1, 0.15) is 284 Å². The molecule has 0 aromatic rings. The molecule has 0 fully saturated rings. The van der Waals surface area contributed by atoms with Gasteiger partial charge in [-0.15, -0.1) is 0 Å². The minimum absolute atomic E-state index is 0.0278. The lowest BCUT2D eigenvalue weighted by molar-refractivity contribution is -0.143. The van der Waals surface area contributed by atoms with Crippen molar-refractivity contribution in [1.29, 1.82) is 0 Å². The highest BCUT2D eigenvalue weighted by molar-refractivity contribution is 5.76. The lowest BCUT2D eigenvalue weighted by Gasteiger charge is -2.20. The number of aliphatic hydroxyl groups is 2. The molecule has 0 radical (unpaired) electrons. The van der Waals surface area contributed by atoms with Gasteiger partial charge in [-0.3, -0.25) is 9.59 Å². The van der Waals surface area contributed by atoms with E-state index in [0.717, 1.165) is 57.8 Å². The highest BCUT2D eigenvalue weighted by atomic mass is 16.5. The number of hydrogen-bond donors (Lipinski definition) is 3. The Balaban J connectivity index is 3.50. The van der Waals surface area contributed by atoms with Crippen LogP contribution in [-0.2, 0) is 14.3 Å². The van der Waals surface area contributed by atoms with Crippen LogP contribution in [0.25, 0.3) is 0 Å².